The summed E-state index contributed by atoms with van der Waals surface area (Å²) in [7, 11) is -0.368. The molecule has 0 aliphatic carbocycles. The molecule has 2 N–H and O–H groups in total. The zero-order valence-electron chi connectivity index (χ0n) is 10.0. The maximum Gasteiger partial charge on any atom is 0.273 e. The van der Waals surface area contributed by atoms with Crippen LogP contribution >= 0.6 is 0 Å². The first kappa shape index (κ1) is 12.7. The van der Waals surface area contributed by atoms with Crippen LogP contribution < -0.4 is 10.0 Å². The predicted octanol–water partition coefficient (Wildman–Crippen LogP) is 0.533. The number of nitrogens with one attached hydrogen (secondary N) is 2. The van der Waals surface area contributed by atoms with Gasteiger partial charge in [0.1, 0.15) is 11.6 Å². The minimum absolute atomic E-state index is 0.0946. The Bertz CT molecular complexity index is 629. The first-order valence-electron chi connectivity index (χ1n) is 5.27. The summed E-state index contributed by atoms with van der Waals surface area (Å²) in [6, 6.07) is 4.84. The molecule has 18 heavy (non-hydrogen) atoms. The van der Waals surface area contributed by atoms with Crippen LogP contribution in [0.15, 0.2) is 33.9 Å². The molecule has 0 aromatic carbocycles. The number of hydrogen-bond acceptors (Lipinski definition) is 5. The summed E-state index contributed by atoms with van der Waals surface area (Å²) < 4.78 is 32.0. The van der Waals surface area contributed by atoms with Gasteiger partial charge in [-0.3, -0.25) is 4.68 Å². The number of furan rings is 1. The molecule has 0 unspecified atom stereocenters. The Kier molecular flexibility index (Phi) is 3.39. The Balaban J connectivity index is 2.03. The van der Waals surface area contributed by atoms with Gasteiger partial charge in [0.05, 0.1) is 6.54 Å². The van der Waals surface area contributed by atoms with Gasteiger partial charge in [0.15, 0.2) is 0 Å². The van der Waals surface area contributed by atoms with Gasteiger partial charge < -0.3 is 9.73 Å². The van der Waals surface area contributed by atoms with E-state index in [0.717, 1.165) is 0 Å². The van der Waals surface area contributed by atoms with Crippen molar-refractivity contribution in [2.75, 3.05) is 12.4 Å². The maximum absolute atomic E-state index is 11.5. The lowest BCUT2D eigenvalue weighted by atomic mass is 10.4. The van der Waals surface area contributed by atoms with Gasteiger partial charge in [-0.25, -0.2) is 13.1 Å². The molecule has 2 rings (SSSR count). The molecular formula is C10H14N4O3S. The van der Waals surface area contributed by atoms with Crippen molar-refractivity contribution >= 4 is 15.8 Å². The van der Waals surface area contributed by atoms with E-state index in [0.29, 0.717) is 18.1 Å². The Morgan fingerprint density at radius 3 is 2.78 bits per heavy atom. The zero-order valence-corrected chi connectivity index (χ0v) is 10.9. The van der Waals surface area contributed by atoms with Gasteiger partial charge in [0, 0.05) is 19.3 Å². The average molecular weight is 270 g/mol. The Hall–Kier alpha value is -1.80. The van der Waals surface area contributed by atoms with Crippen LogP contribution in [0.25, 0.3) is 0 Å². The van der Waals surface area contributed by atoms with Gasteiger partial charge >= 0.3 is 0 Å². The minimum atomic E-state index is -3.52. The van der Waals surface area contributed by atoms with Crippen molar-refractivity contribution in [2.24, 2.45) is 7.05 Å². The molecule has 0 amide bonds. The van der Waals surface area contributed by atoms with Crippen LogP contribution in [-0.2, 0) is 23.6 Å². The fourth-order valence-corrected chi connectivity index (χ4v) is 2.05. The molecule has 0 aliphatic rings. The summed E-state index contributed by atoms with van der Waals surface area (Å²) in [5.74, 6) is 1.22. The van der Waals surface area contributed by atoms with Crippen LogP contribution in [0, 0.1) is 0 Å². The Morgan fingerprint density at radius 2 is 2.17 bits per heavy atom. The molecule has 0 saturated heterocycles. The van der Waals surface area contributed by atoms with Gasteiger partial charge in [-0.05, 0) is 19.2 Å². The normalized spacial score (nSPS) is 11.7. The molecule has 2 aromatic heterocycles. The highest BCUT2D eigenvalue weighted by Gasteiger charge is 2.16. The van der Waals surface area contributed by atoms with Crippen molar-refractivity contribution < 1.29 is 12.8 Å². The molecule has 8 heteroatoms. The predicted molar refractivity (Wildman–Crippen MR) is 65.5 cm³/mol. The second-order valence-electron chi connectivity index (χ2n) is 3.66. The second kappa shape index (κ2) is 4.83. The van der Waals surface area contributed by atoms with Crippen molar-refractivity contribution in [3.8, 4) is 0 Å². The van der Waals surface area contributed by atoms with Gasteiger partial charge in [0.25, 0.3) is 10.0 Å². The number of hydrogen-bond donors (Lipinski definition) is 2. The third-order valence-corrected chi connectivity index (χ3v) is 3.61. The summed E-state index contributed by atoms with van der Waals surface area (Å²) in [6.07, 6.45) is 1.81. The van der Waals surface area contributed by atoms with E-state index in [1.807, 2.05) is 13.1 Å². The second-order valence-corrected chi connectivity index (χ2v) is 5.47. The molecule has 2 heterocycles. The Labute approximate surface area is 105 Å². The third kappa shape index (κ3) is 2.71. The summed E-state index contributed by atoms with van der Waals surface area (Å²) in [6.45, 7) is 0.371. The standard InChI is InChI=1S/C10H14N4O3S/c1-11-18(15,16)10-4-3-8(17-10)7-12-9-5-6-14(2)13-9/h3-6,11H,7H2,1-2H3,(H,12,13). The van der Waals surface area contributed by atoms with Crippen molar-refractivity contribution in [1.29, 1.82) is 0 Å². The van der Waals surface area contributed by atoms with Crippen LogP contribution in [0.2, 0.25) is 0 Å². The van der Waals surface area contributed by atoms with E-state index in [1.54, 1.807) is 16.9 Å². The molecule has 0 spiro atoms. The van der Waals surface area contributed by atoms with E-state index in [-0.39, 0.29) is 5.09 Å². The largest absolute Gasteiger partial charge is 0.446 e. The lowest BCUT2D eigenvalue weighted by Crippen LogP contribution is -2.17. The molecule has 98 valence electrons. The topological polar surface area (TPSA) is 89.2 Å². The summed E-state index contributed by atoms with van der Waals surface area (Å²) in [4.78, 5) is 0. The fourth-order valence-electron chi connectivity index (χ4n) is 1.39. The Morgan fingerprint density at radius 1 is 1.39 bits per heavy atom. The molecule has 0 radical (unpaired) electrons. The highest BCUT2D eigenvalue weighted by molar-refractivity contribution is 7.89. The van der Waals surface area contributed by atoms with Gasteiger partial charge in [-0.15, -0.1) is 0 Å². The van der Waals surface area contributed by atoms with Crippen molar-refractivity contribution in [3.05, 3.63) is 30.2 Å². The molecular weight excluding hydrogens is 256 g/mol. The first-order chi connectivity index (χ1) is 8.51. The van der Waals surface area contributed by atoms with Gasteiger partial charge in [-0.1, -0.05) is 0 Å². The van der Waals surface area contributed by atoms with Crippen LogP contribution in [-0.4, -0.2) is 25.2 Å². The van der Waals surface area contributed by atoms with Crippen LogP contribution in [0.3, 0.4) is 0 Å². The molecule has 2 aromatic rings. The molecule has 0 bridgehead atoms. The highest BCUT2D eigenvalue weighted by atomic mass is 32.2. The van der Waals surface area contributed by atoms with Crippen molar-refractivity contribution in [3.63, 3.8) is 0 Å². The fraction of sp³-hybridized carbons (Fsp3) is 0.300. The van der Waals surface area contributed by atoms with E-state index < -0.39 is 10.0 Å². The van der Waals surface area contributed by atoms with Crippen LogP contribution in [0.4, 0.5) is 5.82 Å². The van der Waals surface area contributed by atoms with Gasteiger partial charge in [-0.2, -0.15) is 5.10 Å². The number of anilines is 1. The SMILES string of the molecule is CNS(=O)(=O)c1ccc(CNc2ccn(C)n2)o1. The number of sulfonamides is 1. The van der Waals surface area contributed by atoms with E-state index in [9.17, 15) is 8.42 Å². The lowest BCUT2D eigenvalue weighted by molar-refractivity contribution is 0.417. The summed E-state index contributed by atoms with van der Waals surface area (Å²) in [5, 5.41) is 7.06. The van der Waals surface area contributed by atoms with Crippen molar-refractivity contribution in [1.82, 2.24) is 14.5 Å². The lowest BCUT2D eigenvalue weighted by Gasteiger charge is -2.00. The van der Waals surface area contributed by atoms with Crippen LogP contribution in [0.1, 0.15) is 5.76 Å². The average Bonchev–Trinajstić information content (AvgIpc) is 2.95. The molecule has 0 aliphatic heterocycles. The number of nitrogens with zero attached hydrogens (tertiary/aromatic N) is 2. The number of aryl methyl sites for hydroxylation is 1. The third-order valence-electron chi connectivity index (χ3n) is 2.33. The smallest absolute Gasteiger partial charge is 0.273 e. The zero-order chi connectivity index (χ0) is 13.2. The van der Waals surface area contributed by atoms with E-state index in [2.05, 4.69) is 15.1 Å². The van der Waals surface area contributed by atoms with E-state index in [4.69, 9.17) is 4.42 Å². The maximum atomic E-state index is 11.5. The first-order valence-corrected chi connectivity index (χ1v) is 6.75. The molecule has 0 saturated carbocycles. The monoisotopic (exact) mass is 270 g/mol. The molecule has 0 atom stereocenters. The van der Waals surface area contributed by atoms with Crippen LogP contribution in [0.5, 0.6) is 0 Å². The number of aromatic nitrogens is 2. The summed E-state index contributed by atoms with van der Waals surface area (Å²) >= 11 is 0. The van der Waals surface area contributed by atoms with Gasteiger partial charge in [0.2, 0.25) is 5.09 Å². The van der Waals surface area contributed by atoms with E-state index in [1.165, 1.54) is 13.1 Å². The van der Waals surface area contributed by atoms with Crippen molar-refractivity contribution in [2.45, 2.75) is 11.6 Å². The number of rotatable bonds is 5. The highest BCUT2D eigenvalue weighted by Crippen LogP contribution is 2.14. The quantitative estimate of drug-likeness (QED) is 0.827. The molecule has 7 nitrogen and oxygen atoms in total. The molecule has 0 fully saturated rings. The van der Waals surface area contributed by atoms with E-state index >= 15 is 0 Å². The minimum Gasteiger partial charge on any atom is -0.446 e. The summed E-state index contributed by atoms with van der Waals surface area (Å²) in [5.41, 5.74) is 0.